The van der Waals surface area contributed by atoms with Crippen molar-refractivity contribution in [3.63, 3.8) is 0 Å². The normalized spacial score (nSPS) is 14.0. The minimum Gasteiger partial charge on any atom is -0.503 e. The molecule has 1 amide bonds. The Kier molecular flexibility index (Phi) is 5.05. The van der Waals surface area contributed by atoms with E-state index in [9.17, 15) is 18.0 Å². The summed E-state index contributed by atoms with van der Waals surface area (Å²) in [4.78, 5) is 11.7. The van der Waals surface area contributed by atoms with Crippen LogP contribution in [0.25, 0.3) is 0 Å². The molecule has 0 aliphatic rings. The van der Waals surface area contributed by atoms with Gasteiger partial charge in [-0.2, -0.15) is 4.39 Å². The van der Waals surface area contributed by atoms with Crippen LogP contribution in [-0.2, 0) is 0 Å². The van der Waals surface area contributed by atoms with Crippen LogP contribution in [0.4, 0.5) is 13.2 Å². The van der Waals surface area contributed by atoms with Crippen LogP contribution in [0.3, 0.4) is 0 Å². The first kappa shape index (κ1) is 15.6. The molecular weight excluding hydrogens is 283 g/mol. The van der Waals surface area contributed by atoms with E-state index in [4.69, 9.17) is 16.7 Å². The summed E-state index contributed by atoms with van der Waals surface area (Å²) in [5.74, 6) is -7.00. The molecule has 2 N–H and O–H groups in total. The lowest BCUT2D eigenvalue weighted by atomic mass is 10.1. The lowest BCUT2D eigenvalue weighted by molar-refractivity contribution is 0.0925. The van der Waals surface area contributed by atoms with Gasteiger partial charge >= 0.3 is 0 Å². The standard InChI is InChI=1S/C12H13ClF3NO2/c1-5(4-13)6(2)17-12(19)7-3-8(14)10(16)11(18)9(7)15/h3,5-6,18H,4H2,1-2H3,(H,17,19). The monoisotopic (exact) mass is 295 g/mol. The molecular formula is C12H13ClF3NO2. The largest absolute Gasteiger partial charge is 0.503 e. The Morgan fingerprint density at radius 1 is 1.37 bits per heavy atom. The van der Waals surface area contributed by atoms with Gasteiger partial charge in [0.15, 0.2) is 17.4 Å². The summed E-state index contributed by atoms with van der Waals surface area (Å²) in [6, 6.07) is 0.0114. The summed E-state index contributed by atoms with van der Waals surface area (Å²) in [7, 11) is 0. The van der Waals surface area contributed by atoms with Crippen molar-refractivity contribution < 1.29 is 23.1 Å². The number of aromatic hydroxyl groups is 1. The van der Waals surface area contributed by atoms with E-state index in [1.165, 1.54) is 0 Å². The van der Waals surface area contributed by atoms with Gasteiger partial charge in [0, 0.05) is 11.9 Å². The molecule has 0 aromatic heterocycles. The number of nitrogens with one attached hydrogen (secondary N) is 1. The van der Waals surface area contributed by atoms with Gasteiger partial charge < -0.3 is 10.4 Å². The molecule has 0 aliphatic heterocycles. The second-order valence-electron chi connectivity index (χ2n) is 4.28. The van der Waals surface area contributed by atoms with E-state index in [0.717, 1.165) is 0 Å². The van der Waals surface area contributed by atoms with Gasteiger partial charge in [-0.15, -0.1) is 11.6 Å². The first-order chi connectivity index (χ1) is 8.79. The Labute approximate surface area is 113 Å². The Morgan fingerprint density at radius 2 is 1.95 bits per heavy atom. The molecule has 0 aliphatic carbocycles. The SMILES string of the molecule is CC(CCl)C(C)NC(=O)c1cc(F)c(F)c(O)c1F. The van der Waals surface area contributed by atoms with Gasteiger partial charge in [0.2, 0.25) is 5.82 Å². The number of hydrogen-bond acceptors (Lipinski definition) is 2. The molecule has 7 heteroatoms. The Balaban J connectivity index is 3.01. The van der Waals surface area contributed by atoms with Crippen molar-refractivity contribution in [2.24, 2.45) is 5.92 Å². The maximum atomic E-state index is 13.5. The van der Waals surface area contributed by atoms with E-state index in [1.807, 2.05) is 0 Å². The van der Waals surface area contributed by atoms with Crippen molar-refractivity contribution in [3.05, 3.63) is 29.1 Å². The summed E-state index contributed by atoms with van der Waals surface area (Å²) in [5, 5.41) is 11.4. The van der Waals surface area contributed by atoms with E-state index in [1.54, 1.807) is 13.8 Å². The van der Waals surface area contributed by atoms with Crippen molar-refractivity contribution in [3.8, 4) is 5.75 Å². The molecule has 1 aromatic carbocycles. The highest BCUT2D eigenvalue weighted by molar-refractivity contribution is 6.18. The molecule has 0 saturated heterocycles. The molecule has 0 saturated carbocycles. The zero-order valence-corrected chi connectivity index (χ0v) is 11.1. The van der Waals surface area contributed by atoms with Crippen molar-refractivity contribution in [1.82, 2.24) is 5.32 Å². The molecule has 0 bridgehead atoms. The maximum absolute atomic E-state index is 13.5. The minimum absolute atomic E-state index is 0.0902. The third-order valence-corrected chi connectivity index (χ3v) is 3.32. The van der Waals surface area contributed by atoms with E-state index in [2.05, 4.69) is 5.32 Å². The quantitative estimate of drug-likeness (QED) is 0.663. The van der Waals surface area contributed by atoms with Crippen LogP contribution in [0, 0.1) is 23.4 Å². The molecule has 0 spiro atoms. The molecule has 1 rings (SSSR count). The van der Waals surface area contributed by atoms with Crippen molar-refractivity contribution in [2.45, 2.75) is 19.9 Å². The van der Waals surface area contributed by atoms with E-state index >= 15 is 0 Å². The molecule has 0 radical (unpaired) electrons. The Hall–Kier alpha value is -1.43. The number of benzene rings is 1. The van der Waals surface area contributed by atoms with Gasteiger partial charge in [0.1, 0.15) is 0 Å². The number of phenols is 1. The summed E-state index contributed by atoms with van der Waals surface area (Å²) < 4.78 is 39.4. The third-order valence-electron chi connectivity index (χ3n) is 2.83. The molecule has 0 heterocycles. The lowest BCUT2D eigenvalue weighted by Crippen LogP contribution is -2.38. The fourth-order valence-corrected chi connectivity index (χ4v) is 1.58. The average molecular weight is 296 g/mol. The molecule has 2 unspecified atom stereocenters. The van der Waals surface area contributed by atoms with Crippen LogP contribution in [-0.4, -0.2) is 22.9 Å². The zero-order chi connectivity index (χ0) is 14.7. The van der Waals surface area contributed by atoms with Crippen molar-refractivity contribution in [2.75, 3.05) is 5.88 Å². The predicted octanol–water partition coefficient (Wildman–Crippen LogP) is 2.80. The number of hydrogen-bond donors (Lipinski definition) is 2. The fourth-order valence-electron chi connectivity index (χ4n) is 1.32. The third kappa shape index (κ3) is 3.32. The lowest BCUT2D eigenvalue weighted by Gasteiger charge is -2.19. The van der Waals surface area contributed by atoms with Gasteiger partial charge in [-0.1, -0.05) is 6.92 Å². The molecule has 3 nitrogen and oxygen atoms in total. The van der Waals surface area contributed by atoms with E-state index in [-0.39, 0.29) is 17.8 Å². The number of carbonyl (C=O) groups is 1. The van der Waals surface area contributed by atoms with Gasteiger partial charge in [0.25, 0.3) is 5.91 Å². The second-order valence-corrected chi connectivity index (χ2v) is 4.58. The smallest absolute Gasteiger partial charge is 0.254 e. The van der Waals surface area contributed by atoms with Crippen LogP contribution >= 0.6 is 11.6 Å². The van der Waals surface area contributed by atoms with Crippen molar-refractivity contribution >= 4 is 17.5 Å². The number of rotatable bonds is 4. The van der Waals surface area contributed by atoms with Crippen LogP contribution in [0.1, 0.15) is 24.2 Å². The number of carbonyl (C=O) groups excluding carboxylic acids is 1. The molecule has 19 heavy (non-hydrogen) atoms. The first-order valence-corrected chi connectivity index (χ1v) is 6.06. The Morgan fingerprint density at radius 3 is 2.47 bits per heavy atom. The van der Waals surface area contributed by atoms with Crippen LogP contribution in [0.5, 0.6) is 5.75 Å². The first-order valence-electron chi connectivity index (χ1n) is 5.52. The number of alkyl halides is 1. The summed E-state index contributed by atoms with van der Waals surface area (Å²) in [6.45, 7) is 3.40. The molecule has 1 aromatic rings. The van der Waals surface area contributed by atoms with Gasteiger partial charge in [0.05, 0.1) is 5.56 Å². The highest BCUT2D eigenvalue weighted by Crippen LogP contribution is 2.25. The van der Waals surface area contributed by atoms with E-state index < -0.39 is 34.7 Å². The number of phenolic OH excluding ortho intramolecular Hbond substituents is 1. The Bertz CT molecular complexity index is 496. The van der Waals surface area contributed by atoms with Gasteiger partial charge in [-0.05, 0) is 18.9 Å². The number of halogens is 4. The average Bonchev–Trinajstić information content (AvgIpc) is 2.39. The van der Waals surface area contributed by atoms with Crippen LogP contribution in [0.2, 0.25) is 0 Å². The molecule has 106 valence electrons. The topological polar surface area (TPSA) is 49.3 Å². The van der Waals surface area contributed by atoms with Crippen molar-refractivity contribution in [1.29, 1.82) is 0 Å². The highest BCUT2D eigenvalue weighted by Gasteiger charge is 2.24. The molecule has 2 atom stereocenters. The minimum atomic E-state index is -1.73. The zero-order valence-electron chi connectivity index (χ0n) is 10.3. The summed E-state index contributed by atoms with van der Waals surface area (Å²) in [5.41, 5.74) is -0.759. The maximum Gasteiger partial charge on any atom is 0.254 e. The fraction of sp³-hybridized carbons (Fsp3) is 0.417. The highest BCUT2D eigenvalue weighted by atomic mass is 35.5. The summed E-state index contributed by atoms with van der Waals surface area (Å²) >= 11 is 5.60. The van der Waals surface area contributed by atoms with Crippen LogP contribution < -0.4 is 5.32 Å². The second kappa shape index (κ2) is 6.14. The van der Waals surface area contributed by atoms with E-state index in [0.29, 0.717) is 6.07 Å². The number of amides is 1. The molecule has 0 fully saturated rings. The summed E-state index contributed by atoms with van der Waals surface area (Å²) in [6.07, 6.45) is 0. The predicted molar refractivity (Wildman–Crippen MR) is 64.8 cm³/mol. The van der Waals surface area contributed by atoms with Gasteiger partial charge in [-0.25, -0.2) is 8.78 Å². The van der Waals surface area contributed by atoms with Crippen LogP contribution in [0.15, 0.2) is 6.07 Å². The van der Waals surface area contributed by atoms with Gasteiger partial charge in [-0.3, -0.25) is 4.79 Å².